The van der Waals surface area contributed by atoms with E-state index >= 15 is 0 Å². The molecule has 0 atom stereocenters. The van der Waals surface area contributed by atoms with E-state index in [0.29, 0.717) is 34.2 Å². The molecule has 1 N–H and O–H groups in total. The van der Waals surface area contributed by atoms with Crippen LogP contribution in [-0.4, -0.2) is 32.7 Å². The topological polar surface area (TPSA) is 97.7 Å². The van der Waals surface area contributed by atoms with E-state index in [9.17, 15) is 14.9 Å². The normalized spacial score (nSPS) is 10.9. The monoisotopic (exact) mass is 456 g/mol. The Hall–Kier alpha value is -3.31. The van der Waals surface area contributed by atoms with Crippen molar-refractivity contribution in [3.05, 3.63) is 45.3 Å². The summed E-state index contributed by atoms with van der Waals surface area (Å²) in [5.41, 5.74) is 1.54. The molecule has 32 heavy (non-hydrogen) atoms. The Morgan fingerprint density at radius 2 is 1.94 bits per heavy atom. The Kier molecular flexibility index (Phi) is 9.29. The molecule has 1 heterocycles. The predicted octanol–water partition coefficient (Wildman–Crippen LogP) is 5.27. The van der Waals surface area contributed by atoms with Crippen molar-refractivity contribution in [1.82, 2.24) is 0 Å². The highest BCUT2D eigenvalue weighted by Crippen LogP contribution is 2.33. The largest absolute Gasteiger partial charge is 0.493 e. The van der Waals surface area contributed by atoms with E-state index < -0.39 is 11.9 Å². The highest BCUT2D eigenvalue weighted by atomic mass is 32.1. The van der Waals surface area contributed by atoms with Crippen molar-refractivity contribution in [3.8, 4) is 17.6 Å². The summed E-state index contributed by atoms with van der Waals surface area (Å²) in [7, 11) is 2.82. The maximum absolute atomic E-state index is 12.8. The Labute approximate surface area is 192 Å². The molecule has 0 saturated heterocycles. The minimum Gasteiger partial charge on any atom is -0.493 e. The lowest BCUT2D eigenvalue weighted by Crippen LogP contribution is -2.15. The zero-order valence-corrected chi connectivity index (χ0v) is 19.9. The first kappa shape index (κ1) is 25.0. The summed E-state index contributed by atoms with van der Waals surface area (Å²) in [6.07, 6.45) is 4.61. The van der Waals surface area contributed by atoms with E-state index in [0.717, 1.165) is 29.7 Å². The van der Waals surface area contributed by atoms with Gasteiger partial charge in [0.1, 0.15) is 16.6 Å². The number of thiophene rings is 1. The van der Waals surface area contributed by atoms with Gasteiger partial charge >= 0.3 is 5.97 Å². The number of unbranched alkanes of at least 4 members (excludes halogenated alkanes) is 2. The molecule has 0 aliphatic heterocycles. The first-order chi connectivity index (χ1) is 15.4. The van der Waals surface area contributed by atoms with E-state index in [1.807, 2.05) is 13.0 Å². The number of benzene rings is 1. The standard InChI is InChI=1S/C24H28N2O5S/c1-6-7-8-11-31-19-10-9-17(13-20(19)29-4)12-18(14-25)22(27)26-23-21(24(28)30-5)15(2)16(3)32-23/h9-10,12-13H,6-8,11H2,1-5H3,(H,26,27)/b18-12+. The number of anilines is 1. The van der Waals surface area contributed by atoms with Gasteiger partial charge in [0.25, 0.3) is 5.91 Å². The maximum Gasteiger partial charge on any atom is 0.341 e. The molecule has 0 fully saturated rings. The van der Waals surface area contributed by atoms with Crippen LogP contribution in [0.2, 0.25) is 0 Å². The minimum atomic E-state index is -0.613. The molecule has 1 aromatic heterocycles. The van der Waals surface area contributed by atoms with Crippen LogP contribution in [0, 0.1) is 25.2 Å². The molecule has 1 aromatic carbocycles. The first-order valence-electron chi connectivity index (χ1n) is 10.3. The fourth-order valence-corrected chi connectivity index (χ4v) is 4.02. The summed E-state index contributed by atoms with van der Waals surface area (Å²) < 4.78 is 16.0. The van der Waals surface area contributed by atoms with Crippen LogP contribution in [0.25, 0.3) is 6.08 Å². The van der Waals surface area contributed by atoms with Crippen molar-refractivity contribution in [2.75, 3.05) is 26.1 Å². The number of amides is 1. The van der Waals surface area contributed by atoms with Crippen LogP contribution in [0.4, 0.5) is 5.00 Å². The third-order valence-corrected chi connectivity index (χ3v) is 5.99. The Morgan fingerprint density at radius 3 is 2.56 bits per heavy atom. The van der Waals surface area contributed by atoms with Gasteiger partial charge in [-0.25, -0.2) is 4.79 Å². The second-order valence-corrected chi connectivity index (χ2v) is 8.29. The Morgan fingerprint density at radius 1 is 1.19 bits per heavy atom. The number of carbonyl (C=O) groups excluding carboxylic acids is 2. The fraction of sp³-hybridized carbons (Fsp3) is 0.375. The zero-order valence-electron chi connectivity index (χ0n) is 19.0. The van der Waals surface area contributed by atoms with Gasteiger partial charge in [0, 0.05) is 4.88 Å². The van der Waals surface area contributed by atoms with Crippen molar-refractivity contribution in [3.63, 3.8) is 0 Å². The molecule has 0 unspecified atom stereocenters. The second-order valence-electron chi connectivity index (χ2n) is 7.07. The smallest absolute Gasteiger partial charge is 0.341 e. The van der Waals surface area contributed by atoms with Crippen LogP contribution in [-0.2, 0) is 9.53 Å². The van der Waals surface area contributed by atoms with E-state index in [-0.39, 0.29) is 5.57 Å². The molecule has 0 radical (unpaired) electrons. The van der Waals surface area contributed by atoms with Crippen LogP contribution >= 0.6 is 11.3 Å². The number of hydrogen-bond acceptors (Lipinski definition) is 7. The van der Waals surface area contributed by atoms with Crippen LogP contribution in [0.15, 0.2) is 23.8 Å². The van der Waals surface area contributed by atoms with Crippen LogP contribution in [0.1, 0.15) is 52.5 Å². The van der Waals surface area contributed by atoms with Crippen molar-refractivity contribution in [1.29, 1.82) is 5.26 Å². The van der Waals surface area contributed by atoms with Crippen molar-refractivity contribution in [2.45, 2.75) is 40.0 Å². The summed E-state index contributed by atoms with van der Waals surface area (Å²) in [6.45, 7) is 6.35. The number of aryl methyl sites for hydroxylation is 1. The average Bonchev–Trinajstić information content (AvgIpc) is 3.07. The molecule has 0 spiro atoms. The van der Waals surface area contributed by atoms with E-state index in [4.69, 9.17) is 14.2 Å². The van der Waals surface area contributed by atoms with Crippen molar-refractivity contribution in [2.24, 2.45) is 0 Å². The van der Waals surface area contributed by atoms with Gasteiger partial charge in [-0.1, -0.05) is 25.8 Å². The molecular weight excluding hydrogens is 428 g/mol. The number of hydrogen-bond donors (Lipinski definition) is 1. The lowest BCUT2D eigenvalue weighted by atomic mass is 10.1. The van der Waals surface area contributed by atoms with E-state index in [1.165, 1.54) is 31.6 Å². The third-order valence-electron chi connectivity index (χ3n) is 4.87. The number of rotatable bonds is 10. The average molecular weight is 457 g/mol. The number of carbonyl (C=O) groups is 2. The second kappa shape index (κ2) is 11.9. The van der Waals surface area contributed by atoms with Crippen LogP contribution in [0.3, 0.4) is 0 Å². The summed E-state index contributed by atoms with van der Waals surface area (Å²) in [5, 5.41) is 12.6. The molecule has 1 amide bonds. The van der Waals surface area contributed by atoms with Gasteiger partial charge in [-0.05, 0) is 49.6 Å². The number of methoxy groups -OCH3 is 2. The molecule has 0 aliphatic carbocycles. The molecule has 8 heteroatoms. The highest BCUT2D eigenvalue weighted by Gasteiger charge is 2.22. The lowest BCUT2D eigenvalue weighted by molar-refractivity contribution is -0.112. The summed E-state index contributed by atoms with van der Waals surface area (Å²) in [5.74, 6) is -0.0249. The quantitative estimate of drug-likeness (QED) is 0.226. The minimum absolute atomic E-state index is 0.108. The zero-order chi connectivity index (χ0) is 23.7. The Bertz CT molecular complexity index is 1050. The molecule has 170 valence electrons. The van der Waals surface area contributed by atoms with Crippen LogP contribution < -0.4 is 14.8 Å². The van der Waals surface area contributed by atoms with Crippen molar-refractivity contribution >= 4 is 34.3 Å². The third kappa shape index (κ3) is 6.11. The van der Waals surface area contributed by atoms with Gasteiger partial charge in [-0.15, -0.1) is 11.3 Å². The number of esters is 1. The molecule has 0 bridgehead atoms. The highest BCUT2D eigenvalue weighted by molar-refractivity contribution is 7.16. The van der Waals surface area contributed by atoms with Gasteiger partial charge in [0.05, 0.1) is 26.4 Å². The van der Waals surface area contributed by atoms with Gasteiger partial charge < -0.3 is 19.5 Å². The van der Waals surface area contributed by atoms with E-state index in [2.05, 4.69) is 12.2 Å². The molecular formula is C24H28N2O5S. The molecule has 7 nitrogen and oxygen atoms in total. The molecule has 2 rings (SSSR count). The Balaban J connectivity index is 2.24. The SMILES string of the molecule is CCCCCOc1ccc(/C=C(\C#N)C(=O)Nc2sc(C)c(C)c2C(=O)OC)cc1OC. The number of ether oxygens (including phenoxy) is 3. The molecule has 0 saturated carbocycles. The van der Waals surface area contributed by atoms with Gasteiger partial charge in [0.15, 0.2) is 11.5 Å². The number of nitrogens with zero attached hydrogens (tertiary/aromatic N) is 1. The van der Waals surface area contributed by atoms with Gasteiger partial charge in [-0.2, -0.15) is 5.26 Å². The number of nitrogens with one attached hydrogen (secondary N) is 1. The molecule has 2 aromatic rings. The summed E-state index contributed by atoms with van der Waals surface area (Å²) >= 11 is 1.26. The fourth-order valence-electron chi connectivity index (χ4n) is 2.98. The van der Waals surface area contributed by atoms with Gasteiger partial charge in [-0.3, -0.25) is 4.79 Å². The van der Waals surface area contributed by atoms with Gasteiger partial charge in [0.2, 0.25) is 0 Å². The molecule has 0 aliphatic rings. The maximum atomic E-state index is 12.8. The van der Waals surface area contributed by atoms with Crippen molar-refractivity contribution < 1.29 is 23.8 Å². The summed E-state index contributed by atoms with van der Waals surface area (Å²) in [4.78, 5) is 25.8. The predicted molar refractivity (Wildman–Crippen MR) is 125 cm³/mol. The lowest BCUT2D eigenvalue weighted by Gasteiger charge is -2.11. The van der Waals surface area contributed by atoms with E-state index in [1.54, 1.807) is 25.1 Å². The number of nitriles is 1. The van der Waals surface area contributed by atoms with Crippen LogP contribution in [0.5, 0.6) is 11.5 Å². The summed E-state index contributed by atoms with van der Waals surface area (Å²) in [6, 6.07) is 7.13. The first-order valence-corrected chi connectivity index (χ1v) is 11.1.